The molecule has 0 aromatic rings. The topological polar surface area (TPSA) is 47.9 Å². The number of rotatable bonds is 5. The van der Waals surface area contributed by atoms with Gasteiger partial charge in [0.05, 0.1) is 17.8 Å². The average Bonchev–Trinajstić information content (AvgIpc) is 3.01. The molecule has 3 rings (SSSR count). The molecule has 2 heterocycles. The second kappa shape index (κ2) is 7.45. The molecule has 0 N–H and O–H groups in total. The van der Waals surface area contributed by atoms with Gasteiger partial charge < -0.3 is 9.47 Å². The number of amides is 1. The lowest BCUT2D eigenvalue weighted by molar-refractivity contribution is -0.133. The zero-order valence-electron chi connectivity index (χ0n) is 13.5. The summed E-state index contributed by atoms with van der Waals surface area (Å²) in [5.41, 5.74) is 0. The van der Waals surface area contributed by atoms with Gasteiger partial charge in [-0.2, -0.15) is 0 Å². The molecule has 0 bridgehead atoms. The number of carbonyl (C=O) groups is 1. The summed E-state index contributed by atoms with van der Waals surface area (Å²) in [5.74, 6) is 0.571. The first-order valence-corrected chi connectivity index (χ1v) is 9.54. The van der Waals surface area contributed by atoms with Gasteiger partial charge in [0.25, 0.3) is 5.91 Å². The summed E-state index contributed by atoms with van der Waals surface area (Å²) in [4.78, 5) is 15.7. The van der Waals surface area contributed by atoms with E-state index in [9.17, 15) is 4.79 Å². The quantitative estimate of drug-likeness (QED) is 0.719. The van der Waals surface area contributed by atoms with Crippen molar-refractivity contribution < 1.29 is 14.3 Å². The molecular formula is C17H27NO3S. The minimum atomic E-state index is -0.827. The van der Waals surface area contributed by atoms with E-state index in [0.29, 0.717) is 12.5 Å². The largest absolute Gasteiger partial charge is 0.376 e. The molecule has 1 aliphatic carbocycles. The minimum absolute atomic E-state index is 0.126. The van der Waals surface area contributed by atoms with Crippen LogP contribution in [-0.2, 0) is 14.3 Å². The third-order valence-corrected chi connectivity index (χ3v) is 6.11. The average molecular weight is 325 g/mol. The molecule has 22 heavy (non-hydrogen) atoms. The Morgan fingerprint density at radius 1 is 1.23 bits per heavy atom. The van der Waals surface area contributed by atoms with Crippen molar-refractivity contribution in [2.24, 2.45) is 10.9 Å². The molecule has 4 nitrogen and oxygen atoms in total. The van der Waals surface area contributed by atoms with E-state index in [2.05, 4.69) is 4.99 Å². The first-order valence-electron chi connectivity index (χ1n) is 8.72. The molecule has 1 saturated heterocycles. The summed E-state index contributed by atoms with van der Waals surface area (Å²) < 4.78 is 11.5. The van der Waals surface area contributed by atoms with E-state index in [1.165, 1.54) is 50.3 Å². The van der Waals surface area contributed by atoms with Crippen molar-refractivity contribution in [1.29, 1.82) is 0 Å². The molecule has 0 aromatic heterocycles. The van der Waals surface area contributed by atoms with Crippen LogP contribution in [0.25, 0.3) is 0 Å². The molecule has 2 unspecified atom stereocenters. The summed E-state index contributed by atoms with van der Waals surface area (Å²) in [6.45, 7) is 3.18. The number of thioether (sulfide) groups is 1. The van der Waals surface area contributed by atoms with E-state index in [-0.39, 0.29) is 12.0 Å². The van der Waals surface area contributed by atoms with Crippen LogP contribution in [0.15, 0.2) is 4.99 Å². The Morgan fingerprint density at radius 2 is 2.00 bits per heavy atom. The Balaban J connectivity index is 1.50. The molecule has 1 saturated carbocycles. The van der Waals surface area contributed by atoms with Gasteiger partial charge in [-0.25, -0.2) is 4.99 Å². The highest BCUT2D eigenvalue weighted by Gasteiger charge is 2.43. The van der Waals surface area contributed by atoms with E-state index in [1.54, 1.807) is 0 Å². The Kier molecular flexibility index (Phi) is 5.58. The van der Waals surface area contributed by atoms with E-state index in [0.717, 1.165) is 30.9 Å². The molecule has 3 aliphatic rings. The monoisotopic (exact) mass is 325 g/mol. The number of ether oxygens (including phenoxy) is 2. The second-order valence-electron chi connectivity index (χ2n) is 6.87. The van der Waals surface area contributed by atoms with Crippen LogP contribution in [0.5, 0.6) is 0 Å². The Bertz CT molecular complexity index is 426. The molecule has 0 aromatic carbocycles. The molecule has 0 spiro atoms. The number of aliphatic imine (C=N–C) groups is 1. The van der Waals surface area contributed by atoms with E-state index >= 15 is 0 Å². The van der Waals surface area contributed by atoms with Crippen LogP contribution in [0.3, 0.4) is 0 Å². The second-order valence-corrected chi connectivity index (χ2v) is 8.32. The van der Waals surface area contributed by atoms with Gasteiger partial charge >= 0.3 is 0 Å². The molecule has 5 heteroatoms. The van der Waals surface area contributed by atoms with E-state index < -0.39 is 4.93 Å². The van der Waals surface area contributed by atoms with Crippen LogP contribution in [0.4, 0.5) is 0 Å². The normalized spacial score (nSPS) is 34.0. The minimum Gasteiger partial charge on any atom is -0.376 e. The summed E-state index contributed by atoms with van der Waals surface area (Å²) >= 11 is 1.53. The lowest BCUT2D eigenvalue weighted by atomic mass is 9.97. The van der Waals surface area contributed by atoms with Crippen molar-refractivity contribution in [1.82, 2.24) is 0 Å². The van der Waals surface area contributed by atoms with Gasteiger partial charge in [-0.15, -0.1) is 0 Å². The SMILES string of the molecule is CC1(OCC2CCCO2)SC(CC2CCCCCC2)=NC1=O. The fourth-order valence-corrected chi connectivity index (χ4v) is 4.68. The van der Waals surface area contributed by atoms with Crippen LogP contribution in [0.2, 0.25) is 0 Å². The highest BCUT2D eigenvalue weighted by atomic mass is 32.2. The molecule has 2 atom stereocenters. The van der Waals surface area contributed by atoms with Crippen LogP contribution >= 0.6 is 11.8 Å². The Labute approximate surface area is 137 Å². The van der Waals surface area contributed by atoms with Crippen molar-refractivity contribution in [2.75, 3.05) is 13.2 Å². The summed E-state index contributed by atoms with van der Waals surface area (Å²) in [6.07, 6.45) is 11.1. The number of nitrogens with zero attached hydrogens (tertiary/aromatic N) is 1. The maximum absolute atomic E-state index is 12.2. The van der Waals surface area contributed by atoms with E-state index in [4.69, 9.17) is 9.47 Å². The summed E-state index contributed by atoms with van der Waals surface area (Å²) in [6, 6.07) is 0. The Morgan fingerprint density at radius 3 is 2.68 bits per heavy atom. The van der Waals surface area contributed by atoms with Crippen molar-refractivity contribution in [3.05, 3.63) is 0 Å². The first kappa shape index (κ1) is 16.5. The third kappa shape index (κ3) is 4.12. The van der Waals surface area contributed by atoms with Gasteiger partial charge in [0.15, 0.2) is 4.93 Å². The molecule has 0 radical (unpaired) electrons. The van der Waals surface area contributed by atoms with Crippen molar-refractivity contribution in [3.8, 4) is 0 Å². The smallest absolute Gasteiger partial charge is 0.289 e. The van der Waals surface area contributed by atoms with Gasteiger partial charge in [-0.05, 0) is 32.1 Å². The van der Waals surface area contributed by atoms with Crippen LogP contribution in [-0.4, -0.2) is 35.2 Å². The van der Waals surface area contributed by atoms with Gasteiger partial charge in [-0.1, -0.05) is 50.3 Å². The molecular weight excluding hydrogens is 298 g/mol. The first-order chi connectivity index (χ1) is 10.7. The fraction of sp³-hybridized carbons (Fsp3) is 0.882. The highest BCUT2D eigenvalue weighted by Crippen LogP contribution is 2.39. The molecule has 2 aliphatic heterocycles. The van der Waals surface area contributed by atoms with Gasteiger partial charge in [0.1, 0.15) is 0 Å². The van der Waals surface area contributed by atoms with Crippen molar-refractivity contribution in [3.63, 3.8) is 0 Å². The van der Waals surface area contributed by atoms with Gasteiger partial charge in [0.2, 0.25) is 0 Å². The zero-order valence-corrected chi connectivity index (χ0v) is 14.3. The predicted octanol–water partition coefficient (Wildman–Crippen LogP) is 3.93. The fourth-order valence-electron chi connectivity index (χ4n) is 3.53. The van der Waals surface area contributed by atoms with Crippen LogP contribution in [0.1, 0.15) is 64.7 Å². The zero-order chi connectivity index (χ0) is 15.4. The summed E-state index contributed by atoms with van der Waals surface area (Å²) in [7, 11) is 0. The predicted molar refractivity (Wildman–Crippen MR) is 89.2 cm³/mol. The molecule has 2 fully saturated rings. The Hall–Kier alpha value is -0.390. The lowest BCUT2D eigenvalue weighted by Gasteiger charge is -2.23. The van der Waals surface area contributed by atoms with Gasteiger partial charge in [0, 0.05) is 6.61 Å². The van der Waals surface area contributed by atoms with Crippen LogP contribution < -0.4 is 0 Å². The van der Waals surface area contributed by atoms with Crippen molar-refractivity contribution in [2.45, 2.75) is 75.7 Å². The van der Waals surface area contributed by atoms with Gasteiger partial charge in [-0.3, -0.25) is 4.79 Å². The highest BCUT2D eigenvalue weighted by molar-refractivity contribution is 8.16. The molecule has 1 amide bonds. The third-order valence-electron chi connectivity index (χ3n) is 4.93. The number of carbonyl (C=O) groups excluding carboxylic acids is 1. The van der Waals surface area contributed by atoms with Crippen LogP contribution in [0, 0.1) is 5.92 Å². The number of hydrogen-bond acceptors (Lipinski definition) is 4. The maximum Gasteiger partial charge on any atom is 0.289 e. The maximum atomic E-state index is 12.2. The molecule has 124 valence electrons. The lowest BCUT2D eigenvalue weighted by Crippen LogP contribution is -2.34. The summed E-state index contributed by atoms with van der Waals surface area (Å²) in [5, 5.41) is 0.978. The number of hydrogen-bond donors (Lipinski definition) is 0. The van der Waals surface area contributed by atoms with Crippen molar-refractivity contribution >= 4 is 22.7 Å². The standard InChI is InChI=1S/C17H27NO3S/c1-17(21-12-14-9-6-10-20-14)16(19)18-15(22-17)11-13-7-4-2-3-5-8-13/h13-14H,2-12H2,1H3. The van der Waals surface area contributed by atoms with E-state index in [1.807, 2.05) is 6.92 Å².